The Morgan fingerprint density at radius 2 is 1.94 bits per heavy atom. The number of rotatable bonds is 6. The molecule has 0 saturated heterocycles. The fourth-order valence-electron chi connectivity index (χ4n) is 2.08. The van der Waals surface area contributed by atoms with E-state index < -0.39 is 0 Å². The summed E-state index contributed by atoms with van der Waals surface area (Å²) >= 11 is 0. The van der Waals surface area contributed by atoms with Gasteiger partial charge in [0.05, 0.1) is 0 Å². The lowest BCUT2D eigenvalue weighted by molar-refractivity contribution is -0.117. The van der Waals surface area contributed by atoms with E-state index in [2.05, 4.69) is 44.0 Å². The molecule has 0 radical (unpaired) electrons. The number of nitrogens with zero attached hydrogens (tertiary/aromatic N) is 1. The SMILES string of the molecule is CC(=O)CCCCN(C)c1ccc(C)cc1C. The Labute approximate surface area is 105 Å². The number of Topliss-reactive ketones (excluding diaryl/α,β-unsaturated/α-hetero) is 1. The van der Waals surface area contributed by atoms with E-state index in [1.807, 2.05) is 0 Å². The molecule has 0 spiro atoms. The number of aryl methyl sites for hydroxylation is 2. The van der Waals surface area contributed by atoms with Crippen LogP contribution in [0, 0.1) is 13.8 Å². The first-order chi connectivity index (χ1) is 8.00. The summed E-state index contributed by atoms with van der Waals surface area (Å²) in [5.41, 5.74) is 3.91. The number of benzene rings is 1. The lowest BCUT2D eigenvalue weighted by Gasteiger charge is -2.21. The van der Waals surface area contributed by atoms with Gasteiger partial charge in [0, 0.05) is 25.7 Å². The number of carbonyl (C=O) groups is 1. The van der Waals surface area contributed by atoms with E-state index in [-0.39, 0.29) is 0 Å². The van der Waals surface area contributed by atoms with Crippen molar-refractivity contribution >= 4 is 11.5 Å². The Morgan fingerprint density at radius 1 is 1.24 bits per heavy atom. The average molecular weight is 233 g/mol. The van der Waals surface area contributed by atoms with Crippen molar-refractivity contribution in [2.45, 2.75) is 40.0 Å². The van der Waals surface area contributed by atoms with Crippen LogP contribution in [0.1, 0.15) is 37.3 Å². The summed E-state index contributed by atoms with van der Waals surface area (Å²) in [5.74, 6) is 0.291. The third-order valence-corrected chi connectivity index (χ3v) is 3.04. The summed E-state index contributed by atoms with van der Waals surface area (Å²) in [6.07, 6.45) is 2.77. The van der Waals surface area contributed by atoms with Gasteiger partial charge in [0.15, 0.2) is 0 Å². The van der Waals surface area contributed by atoms with Crippen molar-refractivity contribution < 1.29 is 4.79 Å². The Balaban J connectivity index is 2.46. The molecule has 0 amide bonds. The van der Waals surface area contributed by atoms with Crippen molar-refractivity contribution in [3.05, 3.63) is 29.3 Å². The van der Waals surface area contributed by atoms with Crippen LogP contribution in [0.5, 0.6) is 0 Å². The van der Waals surface area contributed by atoms with Gasteiger partial charge in [-0.25, -0.2) is 0 Å². The zero-order chi connectivity index (χ0) is 12.8. The van der Waals surface area contributed by atoms with Gasteiger partial charge in [-0.2, -0.15) is 0 Å². The van der Waals surface area contributed by atoms with Crippen molar-refractivity contribution in [2.75, 3.05) is 18.5 Å². The lowest BCUT2D eigenvalue weighted by Crippen LogP contribution is -2.19. The maximum Gasteiger partial charge on any atom is 0.129 e. The van der Waals surface area contributed by atoms with E-state index in [1.54, 1.807) is 6.92 Å². The van der Waals surface area contributed by atoms with Gasteiger partial charge in [-0.3, -0.25) is 0 Å². The highest BCUT2D eigenvalue weighted by Gasteiger charge is 2.04. The van der Waals surface area contributed by atoms with E-state index in [4.69, 9.17) is 0 Å². The molecule has 17 heavy (non-hydrogen) atoms. The zero-order valence-electron chi connectivity index (χ0n) is 11.4. The molecular formula is C15H23NO. The second-order valence-electron chi connectivity index (χ2n) is 4.87. The van der Waals surface area contributed by atoms with Crippen molar-refractivity contribution in [3.63, 3.8) is 0 Å². The number of carbonyl (C=O) groups excluding carboxylic acids is 1. The van der Waals surface area contributed by atoms with Gasteiger partial charge < -0.3 is 9.69 Å². The molecule has 2 nitrogen and oxygen atoms in total. The second-order valence-corrected chi connectivity index (χ2v) is 4.87. The molecule has 94 valence electrons. The molecule has 0 aliphatic rings. The van der Waals surface area contributed by atoms with Gasteiger partial charge in [0.25, 0.3) is 0 Å². The molecule has 0 aliphatic carbocycles. The number of ketones is 1. The minimum Gasteiger partial charge on any atom is -0.374 e. The van der Waals surface area contributed by atoms with Gasteiger partial charge in [0.2, 0.25) is 0 Å². The van der Waals surface area contributed by atoms with Crippen LogP contribution >= 0.6 is 0 Å². The monoisotopic (exact) mass is 233 g/mol. The molecule has 0 heterocycles. The molecule has 0 aliphatic heterocycles. The second kappa shape index (κ2) is 6.43. The molecule has 2 heteroatoms. The molecule has 1 aromatic carbocycles. The minimum atomic E-state index is 0.291. The van der Waals surface area contributed by atoms with E-state index in [1.165, 1.54) is 16.8 Å². The normalized spacial score (nSPS) is 10.4. The molecule has 0 N–H and O–H groups in total. The highest BCUT2D eigenvalue weighted by molar-refractivity contribution is 5.75. The molecular weight excluding hydrogens is 210 g/mol. The lowest BCUT2D eigenvalue weighted by atomic mass is 10.1. The highest BCUT2D eigenvalue weighted by atomic mass is 16.1. The van der Waals surface area contributed by atoms with E-state index in [9.17, 15) is 4.79 Å². The first-order valence-corrected chi connectivity index (χ1v) is 6.28. The van der Waals surface area contributed by atoms with Gasteiger partial charge in [-0.1, -0.05) is 17.7 Å². The van der Waals surface area contributed by atoms with Crippen molar-refractivity contribution in [3.8, 4) is 0 Å². The van der Waals surface area contributed by atoms with Crippen LogP contribution in [0.3, 0.4) is 0 Å². The molecule has 1 aromatic rings. The summed E-state index contributed by atoms with van der Waals surface area (Å²) in [6.45, 7) is 6.93. The molecule has 0 atom stereocenters. The van der Waals surface area contributed by atoms with Crippen LogP contribution in [0.2, 0.25) is 0 Å². The van der Waals surface area contributed by atoms with E-state index >= 15 is 0 Å². The predicted molar refractivity (Wildman–Crippen MR) is 73.7 cm³/mol. The maximum absolute atomic E-state index is 10.8. The van der Waals surface area contributed by atoms with Crippen molar-refractivity contribution in [1.82, 2.24) is 0 Å². The predicted octanol–water partition coefficient (Wildman–Crippen LogP) is 3.50. The molecule has 1 rings (SSSR count). The van der Waals surface area contributed by atoms with Crippen molar-refractivity contribution in [2.24, 2.45) is 0 Å². The van der Waals surface area contributed by atoms with Gasteiger partial charge in [-0.15, -0.1) is 0 Å². The third kappa shape index (κ3) is 4.59. The summed E-state index contributed by atoms with van der Waals surface area (Å²) in [7, 11) is 2.12. The summed E-state index contributed by atoms with van der Waals surface area (Å²) in [4.78, 5) is 13.1. The van der Waals surface area contributed by atoms with Gasteiger partial charge >= 0.3 is 0 Å². The first kappa shape index (κ1) is 13.8. The molecule has 0 saturated carbocycles. The molecule has 0 unspecified atom stereocenters. The quantitative estimate of drug-likeness (QED) is 0.701. The van der Waals surface area contributed by atoms with Gasteiger partial charge in [0.1, 0.15) is 5.78 Å². The van der Waals surface area contributed by atoms with E-state index in [0.717, 1.165) is 19.4 Å². The zero-order valence-corrected chi connectivity index (χ0v) is 11.4. The Hall–Kier alpha value is -1.31. The van der Waals surface area contributed by atoms with Crippen LogP contribution < -0.4 is 4.90 Å². The number of hydrogen-bond acceptors (Lipinski definition) is 2. The number of hydrogen-bond donors (Lipinski definition) is 0. The Bertz CT molecular complexity index is 385. The van der Waals surface area contributed by atoms with Crippen LogP contribution in [-0.4, -0.2) is 19.4 Å². The highest BCUT2D eigenvalue weighted by Crippen LogP contribution is 2.20. The Kier molecular flexibility index (Phi) is 5.20. The van der Waals surface area contributed by atoms with E-state index in [0.29, 0.717) is 12.2 Å². The maximum atomic E-state index is 10.8. The first-order valence-electron chi connectivity index (χ1n) is 6.28. The average Bonchev–Trinajstić information content (AvgIpc) is 2.23. The summed E-state index contributed by atoms with van der Waals surface area (Å²) in [6, 6.07) is 6.53. The van der Waals surface area contributed by atoms with Crippen LogP contribution in [0.15, 0.2) is 18.2 Å². The molecule has 0 aromatic heterocycles. The standard InChI is InChI=1S/C15H23NO/c1-12-8-9-15(13(2)11-12)16(4)10-6-5-7-14(3)17/h8-9,11H,5-7,10H2,1-4H3. The summed E-state index contributed by atoms with van der Waals surface area (Å²) < 4.78 is 0. The minimum absolute atomic E-state index is 0.291. The Morgan fingerprint density at radius 3 is 2.53 bits per heavy atom. The molecule has 0 bridgehead atoms. The fourth-order valence-corrected chi connectivity index (χ4v) is 2.08. The topological polar surface area (TPSA) is 20.3 Å². The molecule has 0 fully saturated rings. The number of unbranched alkanes of at least 4 members (excludes halogenated alkanes) is 1. The van der Waals surface area contributed by atoms with Gasteiger partial charge in [-0.05, 0) is 45.2 Å². The van der Waals surface area contributed by atoms with Crippen LogP contribution in [0.25, 0.3) is 0 Å². The largest absolute Gasteiger partial charge is 0.374 e. The fraction of sp³-hybridized carbons (Fsp3) is 0.533. The third-order valence-electron chi connectivity index (χ3n) is 3.04. The number of anilines is 1. The smallest absolute Gasteiger partial charge is 0.129 e. The van der Waals surface area contributed by atoms with Crippen molar-refractivity contribution in [1.29, 1.82) is 0 Å². The summed E-state index contributed by atoms with van der Waals surface area (Å²) in [5, 5.41) is 0. The van der Waals surface area contributed by atoms with Crippen LogP contribution in [0.4, 0.5) is 5.69 Å². The van der Waals surface area contributed by atoms with Crippen LogP contribution in [-0.2, 0) is 4.79 Å².